The number of piperazine rings is 1. The van der Waals surface area contributed by atoms with Crippen LogP contribution in [0.1, 0.15) is 58.7 Å². The molecule has 4 rings (SSSR count). The van der Waals surface area contributed by atoms with E-state index in [4.69, 9.17) is 9.84 Å². The highest BCUT2D eigenvalue weighted by Crippen LogP contribution is 2.54. The zero-order chi connectivity index (χ0) is 22.8. The molecule has 1 aromatic rings. The zero-order valence-corrected chi connectivity index (χ0v) is 19.5. The summed E-state index contributed by atoms with van der Waals surface area (Å²) >= 11 is 0. The fourth-order valence-corrected chi connectivity index (χ4v) is 5.00. The molecule has 1 atom stereocenters. The van der Waals surface area contributed by atoms with E-state index in [9.17, 15) is 13.6 Å². The van der Waals surface area contributed by atoms with Crippen molar-refractivity contribution in [2.24, 2.45) is 5.41 Å². The van der Waals surface area contributed by atoms with Crippen LogP contribution in [-0.4, -0.2) is 72.1 Å². The van der Waals surface area contributed by atoms with Crippen LogP contribution in [-0.2, 0) is 4.74 Å². The average molecular weight is 442 g/mol. The maximum absolute atomic E-state index is 12.2. The van der Waals surface area contributed by atoms with E-state index in [-0.39, 0.29) is 11.5 Å². The number of anilines is 1. The molecule has 3 fully saturated rings. The van der Waals surface area contributed by atoms with Crippen LogP contribution < -0.4 is 10.2 Å². The molecule has 0 aromatic carbocycles. The minimum atomic E-state index is -1.75. The number of likely N-dealkylation sites (tertiary alicyclic amines) is 1. The lowest BCUT2D eigenvalue weighted by Crippen LogP contribution is -2.64. The van der Waals surface area contributed by atoms with Gasteiger partial charge in [-0.25, -0.2) is 13.6 Å². The second-order valence-electron chi connectivity index (χ2n) is 10.0. The Morgan fingerprint density at radius 2 is 1.97 bits per heavy atom. The van der Waals surface area contributed by atoms with E-state index in [0.29, 0.717) is 12.1 Å². The maximum Gasteiger partial charge on any atom is 0.410 e. The van der Waals surface area contributed by atoms with Crippen molar-refractivity contribution in [3.8, 4) is 0 Å². The Morgan fingerprint density at radius 3 is 2.55 bits per heavy atom. The number of carbonyl (C=O) groups is 1. The number of amides is 1. The quantitative estimate of drug-likeness (QED) is 0.772. The van der Waals surface area contributed by atoms with Crippen molar-refractivity contribution < 1.29 is 18.3 Å². The summed E-state index contributed by atoms with van der Waals surface area (Å²) in [7, 11) is 0. The van der Waals surface area contributed by atoms with Gasteiger partial charge in [0, 0.05) is 55.9 Å². The number of rotatable bonds is 3. The van der Waals surface area contributed by atoms with E-state index in [2.05, 4.69) is 34.8 Å². The number of nitrogens with zero attached hydrogens (tertiary/aromatic N) is 4. The smallest absolute Gasteiger partial charge is 0.410 e. The number of aromatic nitrogens is 2. The number of carbonyl (C=O) groups excluding carboxylic acids is 1. The SMILES string of the molecule is CCC1CNCCN1c1cc(C)n(C2CC3(C2)CN(C(=O)OC(C)(C)C)C3)n1.FCF. The fourth-order valence-electron chi connectivity index (χ4n) is 5.00. The van der Waals surface area contributed by atoms with Gasteiger partial charge in [0.1, 0.15) is 5.60 Å². The Kier molecular flexibility index (Phi) is 7.13. The van der Waals surface area contributed by atoms with Gasteiger partial charge in [0.05, 0.1) is 6.04 Å². The number of aryl methyl sites for hydroxylation is 1. The highest BCUT2D eigenvalue weighted by molar-refractivity contribution is 5.69. The van der Waals surface area contributed by atoms with Crippen LogP contribution in [0.3, 0.4) is 0 Å². The van der Waals surface area contributed by atoms with Gasteiger partial charge in [-0.15, -0.1) is 0 Å². The van der Waals surface area contributed by atoms with Gasteiger partial charge < -0.3 is 19.9 Å². The van der Waals surface area contributed by atoms with E-state index < -0.39 is 12.5 Å². The summed E-state index contributed by atoms with van der Waals surface area (Å²) in [6, 6.07) is 3.23. The van der Waals surface area contributed by atoms with Gasteiger partial charge in [0.2, 0.25) is 6.93 Å². The Bertz CT molecular complexity index is 750. The van der Waals surface area contributed by atoms with Crippen LogP contribution in [0.15, 0.2) is 6.07 Å². The molecular weight excluding hydrogens is 404 g/mol. The molecule has 7 nitrogen and oxygen atoms in total. The van der Waals surface area contributed by atoms with E-state index in [1.165, 1.54) is 5.69 Å². The number of halogens is 2. The van der Waals surface area contributed by atoms with Gasteiger partial charge in [0.25, 0.3) is 0 Å². The van der Waals surface area contributed by atoms with Crippen molar-refractivity contribution in [1.82, 2.24) is 20.0 Å². The van der Waals surface area contributed by atoms with Crippen LogP contribution in [0.5, 0.6) is 0 Å². The molecular formula is C22H37F2N5O2. The van der Waals surface area contributed by atoms with E-state index >= 15 is 0 Å². The van der Waals surface area contributed by atoms with Crippen molar-refractivity contribution in [3.05, 3.63) is 11.8 Å². The molecule has 1 spiro atoms. The van der Waals surface area contributed by atoms with Crippen LogP contribution in [0.2, 0.25) is 0 Å². The molecule has 0 radical (unpaired) electrons. The van der Waals surface area contributed by atoms with Crippen molar-refractivity contribution in [2.75, 3.05) is 44.6 Å². The number of hydrogen-bond donors (Lipinski definition) is 1. The lowest BCUT2D eigenvalue weighted by Gasteiger charge is -2.58. The highest BCUT2D eigenvalue weighted by atomic mass is 19.3. The molecule has 1 aliphatic carbocycles. The monoisotopic (exact) mass is 441 g/mol. The normalized spacial score (nSPS) is 23.0. The molecule has 1 amide bonds. The third-order valence-corrected chi connectivity index (χ3v) is 6.41. The maximum atomic E-state index is 12.2. The van der Waals surface area contributed by atoms with E-state index in [1.54, 1.807) is 0 Å². The predicted octanol–water partition coefficient (Wildman–Crippen LogP) is 3.83. The van der Waals surface area contributed by atoms with E-state index in [0.717, 1.165) is 57.8 Å². The van der Waals surface area contributed by atoms with Crippen molar-refractivity contribution in [2.45, 2.75) is 71.6 Å². The lowest BCUT2D eigenvalue weighted by molar-refractivity contribution is -0.0930. The summed E-state index contributed by atoms with van der Waals surface area (Å²) < 4.78 is 27.0. The number of hydrogen-bond acceptors (Lipinski definition) is 5. The van der Waals surface area contributed by atoms with Gasteiger partial charge in [-0.3, -0.25) is 4.68 Å². The second-order valence-corrected chi connectivity index (χ2v) is 10.0. The van der Waals surface area contributed by atoms with Crippen LogP contribution in [0.4, 0.5) is 19.4 Å². The van der Waals surface area contributed by atoms with Crippen LogP contribution >= 0.6 is 0 Å². The molecule has 9 heteroatoms. The molecule has 2 saturated heterocycles. The van der Waals surface area contributed by atoms with Gasteiger partial charge in [-0.2, -0.15) is 5.10 Å². The first kappa shape index (κ1) is 23.8. The van der Waals surface area contributed by atoms with E-state index in [1.807, 2.05) is 25.7 Å². The molecule has 0 bridgehead atoms. The number of nitrogens with one attached hydrogen (secondary N) is 1. The summed E-state index contributed by atoms with van der Waals surface area (Å²) in [6.07, 6.45) is 3.16. The van der Waals surface area contributed by atoms with Gasteiger partial charge >= 0.3 is 6.09 Å². The fraction of sp³-hybridized carbons (Fsp3) is 0.818. The summed E-state index contributed by atoms with van der Waals surface area (Å²) in [5.74, 6) is 1.12. The molecule has 3 aliphatic rings. The topological polar surface area (TPSA) is 62.6 Å². The van der Waals surface area contributed by atoms with Crippen LogP contribution in [0, 0.1) is 12.3 Å². The molecule has 1 unspecified atom stereocenters. The van der Waals surface area contributed by atoms with Gasteiger partial charge in [0.15, 0.2) is 5.82 Å². The molecule has 3 heterocycles. The van der Waals surface area contributed by atoms with Gasteiger partial charge in [-0.1, -0.05) is 6.92 Å². The molecule has 1 saturated carbocycles. The Morgan fingerprint density at radius 1 is 1.32 bits per heavy atom. The van der Waals surface area contributed by atoms with Crippen molar-refractivity contribution in [1.29, 1.82) is 0 Å². The standard InChI is InChI=1S/C21H35N5O2.CH2F2/c1-6-16-12-22-7-8-25(16)18-9-15(2)26(23-18)17-10-21(11-17)13-24(14-21)19(27)28-20(3,4)5;2-1-3/h9,16-17,22H,6-8,10-14H2,1-5H3;1H2. The predicted molar refractivity (Wildman–Crippen MR) is 117 cm³/mol. The Balaban J connectivity index is 0.000000858. The second kappa shape index (κ2) is 9.30. The Hall–Kier alpha value is -1.90. The third kappa shape index (κ3) is 5.30. The molecule has 1 N–H and O–H groups in total. The number of ether oxygens (including phenoxy) is 1. The summed E-state index contributed by atoms with van der Waals surface area (Å²) in [4.78, 5) is 16.5. The van der Waals surface area contributed by atoms with Crippen LogP contribution in [0.25, 0.3) is 0 Å². The molecule has 2 aliphatic heterocycles. The van der Waals surface area contributed by atoms with Gasteiger partial charge in [-0.05, 0) is 47.0 Å². The first-order chi connectivity index (χ1) is 14.6. The number of alkyl halides is 2. The first-order valence-corrected chi connectivity index (χ1v) is 11.2. The lowest BCUT2D eigenvalue weighted by atomic mass is 9.61. The highest BCUT2D eigenvalue weighted by Gasteiger charge is 2.55. The van der Waals surface area contributed by atoms with Crippen molar-refractivity contribution in [3.63, 3.8) is 0 Å². The molecule has 31 heavy (non-hydrogen) atoms. The summed E-state index contributed by atoms with van der Waals surface area (Å²) in [5, 5.41) is 8.48. The minimum absolute atomic E-state index is 0.177. The van der Waals surface area contributed by atoms with Crippen molar-refractivity contribution >= 4 is 11.9 Å². The molecule has 176 valence electrons. The third-order valence-electron chi connectivity index (χ3n) is 6.41. The first-order valence-electron chi connectivity index (χ1n) is 11.2. The minimum Gasteiger partial charge on any atom is -0.444 e. The largest absolute Gasteiger partial charge is 0.444 e. The zero-order valence-electron chi connectivity index (χ0n) is 19.5. The Labute approximate surface area is 184 Å². The summed E-state index contributed by atoms with van der Waals surface area (Å²) in [5.41, 5.74) is 1.10. The summed E-state index contributed by atoms with van der Waals surface area (Å²) in [6.45, 7) is 13.1. The molecule has 1 aromatic heterocycles. The average Bonchev–Trinajstić information content (AvgIpc) is 3.00.